The van der Waals surface area contributed by atoms with E-state index in [4.69, 9.17) is 26.6 Å². The van der Waals surface area contributed by atoms with Gasteiger partial charge in [0.15, 0.2) is 0 Å². The number of hydroxylamine groups is 2. The monoisotopic (exact) mass is 465 g/mol. The Labute approximate surface area is 188 Å². The summed E-state index contributed by atoms with van der Waals surface area (Å²) in [6.45, 7) is 1.16. The molecule has 6 nitrogen and oxygen atoms in total. The third-order valence-corrected chi connectivity index (χ3v) is 5.72. The second kappa shape index (κ2) is 8.95. The lowest BCUT2D eigenvalue weighted by molar-refractivity contribution is -0.143. The van der Waals surface area contributed by atoms with Gasteiger partial charge in [-0.3, -0.25) is 0 Å². The highest BCUT2D eigenvalue weighted by atomic mass is 32.1. The van der Waals surface area contributed by atoms with Gasteiger partial charge in [0.25, 0.3) is 5.17 Å². The third kappa shape index (κ3) is 5.13. The van der Waals surface area contributed by atoms with E-state index in [1.54, 1.807) is 12.2 Å². The van der Waals surface area contributed by atoms with Crippen molar-refractivity contribution in [3.63, 3.8) is 0 Å². The van der Waals surface area contributed by atoms with Crippen LogP contribution in [0.25, 0.3) is 0 Å². The maximum absolute atomic E-state index is 12.8. The Kier molecular flexibility index (Phi) is 6.25. The lowest BCUT2D eigenvalue weighted by atomic mass is 9.86. The number of methoxy groups -OCH3 is 1. The van der Waals surface area contributed by atoms with Gasteiger partial charge in [0.1, 0.15) is 11.4 Å². The minimum atomic E-state index is -4.36. The first-order valence-electron chi connectivity index (χ1n) is 10.1. The maximum atomic E-state index is 12.8. The van der Waals surface area contributed by atoms with Crippen LogP contribution in [0.15, 0.2) is 53.7 Å². The standard InChI is InChI=1S/C22H22F3N3O3S/c1-29-18-4-2-3-17(13-18)26-20(32)30-28-11-9-21(10-12-28)14-19(27-31-21)15-5-7-16(8-6-15)22(23,24)25/h2-8,13H,9-12,14H2,1H3,(H,26,32). The van der Waals surface area contributed by atoms with Gasteiger partial charge in [-0.05, 0) is 42.0 Å². The summed E-state index contributed by atoms with van der Waals surface area (Å²) in [4.78, 5) is 11.5. The Balaban J connectivity index is 1.28. The number of ether oxygens (including phenoxy) is 1. The fourth-order valence-electron chi connectivity index (χ4n) is 3.74. The van der Waals surface area contributed by atoms with Crippen LogP contribution in [0.4, 0.5) is 18.9 Å². The van der Waals surface area contributed by atoms with E-state index < -0.39 is 17.3 Å². The predicted molar refractivity (Wildman–Crippen MR) is 118 cm³/mol. The van der Waals surface area contributed by atoms with Crippen LogP contribution in [0.2, 0.25) is 0 Å². The summed E-state index contributed by atoms with van der Waals surface area (Å²) in [6, 6.07) is 12.4. The molecule has 2 aliphatic rings. The molecule has 10 heteroatoms. The number of alkyl halides is 3. The summed E-state index contributed by atoms with van der Waals surface area (Å²) in [5.74, 6) is 0.708. The Hall–Kier alpha value is -2.85. The first-order chi connectivity index (χ1) is 15.3. The second-order valence-electron chi connectivity index (χ2n) is 7.73. The molecule has 0 saturated carbocycles. The number of benzene rings is 2. The molecular formula is C22H22F3N3O3S. The van der Waals surface area contributed by atoms with Crippen molar-refractivity contribution >= 4 is 28.8 Å². The van der Waals surface area contributed by atoms with Crippen LogP contribution in [-0.2, 0) is 15.9 Å². The fraction of sp³-hybridized carbons (Fsp3) is 0.364. The average Bonchev–Trinajstić information content (AvgIpc) is 3.19. The number of piperidine rings is 1. The smallest absolute Gasteiger partial charge is 0.416 e. The van der Waals surface area contributed by atoms with Gasteiger partial charge >= 0.3 is 6.18 Å². The molecule has 2 aliphatic heterocycles. The largest absolute Gasteiger partial charge is 0.497 e. The molecule has 1 N–H and O–H groups in total. The minimum absolute atomic E-state index is 0.225. The molecular weight excluding hydrogens is 443 g/mol. The molecule has 2 heterocycles. The zero-order valence-corrected chi connectivity index (χ0v) is 18.1. The molecule has 0 aromatic heterocycles. The van der Waals surface area contributed by atoms with Crippen molar-refractivity contribution in [3.05, 3.63) is 59.7 Å². The van der Waals surface area contributed by atoms with Gasteiger partial charge in [-0.2, -0.15) is 13.2 Å². The van der Waals surface area contributed by atoms with Gasteiger partial charge in [-0.25, -0.2) is 0 Å². The number of oxime groups is 1. The Morgan fingerprint density at radius 2 is 1.88 bits per heavy atom. The van der Waals surface area contributed by atoms with E-state index in [0.717, 1.165) is 17.8 Å². The number of thiocarbonyl (C=S) groups is 1. The Morgan fingerprint density at radius 3 is 2.53 bits per heavy atom. The number of nitrogens with one attached hydrogen (secondary N) is 1. The van der Waals surface area contributed by atoms with Crippen LogP contribution in [0.1, 0.15) is 30.4 Å². The van der Waals surface area contributed by atoms with Gasteiger partial charge in [0.05, 0.1) is 18.4 Å². The highest BCUT2D eigenvalue weighted by molar-refractivity contribution is 7.80. The van der Waals surface area contributed by atoms with Crippen molar-refractivity contribution in [2.45, 2.75) is 31.0 Å². The van der Waals surface area contributed by atoms with Crippen LogP contribution < -0.4 is 10.1 Å². The number of nitrogens with zero attached hydrogens (tertiary/aromatic N) is 2. The van der Waals surface area contributed by atoms with Crippen LogP contribution in [0.3, 0.4) is 0 Å². The first kappa shape index (κ1) is 22.3. The van der Waals surface area contributed by atoms with Gasteiger partial charge in [-0.15, -0.1) is 5.06 Å². The highest BCUT2D eigenvalue weighted by Crippen LogP contribution is 2.37. The molecule has 32 heavy (non-hydrogen) atoms. The molecule has 4 rings (SSSR count). The van der Waals surface area contributed by atoms with E-state index in [2.05, 4.69) is 10.5 Å². The van der Waals surface area contributed by atoms with E-state index in [1.807, 2.05) is 24.3 Å². The van der Waals surface area contributed by atoms with Gasteiger partial charge in [-0.1, -0.05) is 23.4 Å². The summed E-state index contributed by atoms with van der Waals surface area (Å²) in [6.07, 6.45) is -2.51. The molecule has 170 valence electrons. The number of hydrogen-bond donors (Lipinski definition) is 1. The fourth-order valence-corrected chi connectivity index (χ4v) is 3.96. The molecule has 0 atom stereocenters. The van der Waals surface area contributed by atoms with Crippen molar-refractivity contribution in [1.29, 1.82) is 0 Å². The zero-order valence-electron chi connectivity index (χ0n) is 17.3. The summed E-state index contributed by atoms with van der Waals surface area (Å²) in [5, 5.41) is 9.17. The molecule has 0 amide bonds. The van der Waals surface area contributed by atoms with Gasteiger partial charge in [0, 0.05) is 44.1 Å². The zero-order chi connectivity index (χ0) is 22.8. The molecule has 2 aromatic carbocycles. The quantitative estimate of drug-likeness (QED) is 0.642. The van der Waals surface area contributed by atoms with Crippen molar-refractivity contribution < 1.29 is 27.6 Å². The summed E-state index contributed by atoms with van der Waals surface area (Å²) >= 11 is 5.29. The molecule has 2 aromatic rings. The average molecular weight is 465 g/mol. The van der Waals surface area contributed by atoms with Crippen molar-refractivity contribution in [2.24, 2.45) is 5.16 Å². The number of anilines is 1. The van der Waals surface area contributed by atoms with Gasteiger partial charge in [0.2, 0.25) is 0 Å². The predicted octanol–water partition coefficient (Wildman–Crippen LogP) is 5.00. The normalized spacial score (nSPS) is 18.1. The van der Waals surface area contributed by atoms with E-state index in [0.29, 0.717) is 49.4 Å². The van der Waals surface area contributed by atoms with E-state index in [1.165, 1.54) is 12.1 Å². The highest BCUT2D eigenvalue weighted by Gasteiger charge is 2.43. The van der Waals surface area contributed by atoms with Crippen LogP contribution >= 0.6 is 12.2 Å². The van der Waals surface area contributed by atoms with Crippen LogP contribution in [0, 0.1) is 0 Å². The Bertz CT molecular complexity index is 1000. The maximum Gasteiger partial charge on any atom is 0.416 e. The number of hydrogen-bond acceptors (Lipinski definition) is 6. The topological polar surface area (TPSA) is 55.3 Å². The second-order valence-corrected chi connectivity index (χ2v) is 8.10. The Morgan fingerprint density at radius 1 is 1.16 bits per heavy atom. The summed E-state index contributed by atoms with van der Waals surface area (Å²) in [7, 11) is 1.59. The lowest BCUT2D eigenvalue weighted by Gasteiger charge is -2.36. The van der Waals surface area contributed by atoms with Crippen molar-refractivity contribution in [3.8, 4) is 5.75 Å². The van der Waals surface area contributed by atoms with Crippen molar-refractivity contribution in [2.75, 3.05) is 25.5 Å². The van der Waals surface area contributed by atoms with Crippen LogP contribution in [0.5, 0.6) is 5.75 Å². The SMILES string of the molecule is COc1cccc(NC(=S)ON2CCC3(CC2)CC(c2ccc(C(F)(F)F)cc2)=NO3)c1. The van der Waals surface area contributed by atoms with Gasteiger partial charge < -0.3 is 19.7 Å². The van der Waals surface area contributed by atoms with Crippen molar-refractivity contribution in [1.82, 2.24) is 5.06 Å². The number of halogens is 3. The lowest BCUT2D eigenvalue weighted by Crippen LogP contribution is -2.45. The summed E-state index contributed by atoms with van der Waals surface area (Å²) in [5.41, 5.74) is 0.899. The van der Waals surface area contributed by atoms with E-state index in [-0.39, 0.29) is 5.17 Å². The number of rotatable bonds is 4. The van der Waals surface area contributed by atoms with E-state index in [9.17, 15) is 13.2 Å². The van der Waals surface area contributed by atoms with E-state index >= 15 is 0 Å². The molecule has 0 bridgehead atoms. The third-order valence-electron chi connectivity index (χ3n) is 5.55. The molecule has 0 unspecified atom stereocenters. The first-order valence-corrected chi connectivity index (χ1v) is 10.5. The van der Waals surface area contributed by atoms with Crippen LogP contribution in [-0.4, -0.2) is 41.7 Å². The molecule has 1 saturated heterocycles. The molecule has 1 spiro atoms. The molecule has 1 fully saturated rings. The molecule has 0 aliphatic carbocycles. The molecule has 0 radical (unpaired) electrons. The summed E-state index contributed by atoms with van der Waals surface area (Å²) < 4.78 is 43.5. The minimum Gasteiger partial charge on any atom is -0.497 e.